The number of carbonyl (C=O) groups is 1. The topological polar surface area (TPSA) is 71.6 Å². The molecule has 1 aromatic carbocycles. The molecule has 136 valence electrons. The van der Waals surface area contributed by atoms with E-state index in [4.69, 9.17) is 15.7 Å². The Morgan fingerprint density at radius 2 is 2.00 bits per heavy atom. The maximum Gasteiger partial charge on any atom is 0.248 e. The summed E-state index contributed by atoms with van der Waals surface area (Å²) in [7, 11) is 0. The van der Waals surface area contributed by atoms with E-state index in [-0.39, 0.29) is 12.1 Å². The minimum absolute atomic E-state index is 0.0393. The number of allylic oxidation sites excluding steroid dienone is 2. The van der Waals surface area contributed by atoms with Gasteiger partial charge in [0.15, 0.2) is 0 Å². The van der Waals surface area contributed by atoms with E-state index in [1.54, 1.807) is 12.1 Å². The van der Waals surface area contributed by atoms with Crippen LogP contribution < -0.4 is 10.6 Å². The number of nitrogens with two attached hydrogens (primary N) is 1. The number of aromatic nitrogens is 1. The molecule has 27 heavy (non-hydrogen) atoms. The van der Waals surface area contributed by atoms with Gasteiger partial charge in [-0.15, -0.1) is 0 Å². The molecule has 2 aliphatic rings. The van der Waals surface area contributed by atoms with Crippen LogP contribution in [0.15, 0.2) is 71.5 Å². The van der Waals surface area contributed by atoms with Crippen molar-refractivity contribution in [2.45, 2.75) is 32.4 Å². The summed E-state index contributed by atoms with van der Waals surface area (Å²) in [6.07, 6.45) is 9.04. The molecule has 0 saturated heterocycles. The highest BCUT2D eigenvalue weighted by Gasteiger charge is 2.31. The molecular formula is C22H22N4O. The third kappa shape index (κ3) is 3.05. The molecule has 0 saturated carbocycles. The fourth-order valence-electron chi connectivity index (χ4n) is 3.65. The minimum Gasteiger partial charge on any atom is -0.366 e. The molecule has 2 N–H and O–H groups in total. The second-order valence-corrected chi connectivity index (χ2v) is 7.03. The number of hydrogen-bond acceptors (Lipinski definition) is 4. The quantitative estimate of drug-likeness (QED) is 0.913. The number of carbonyl (C=O) groups excluding carboxylic acids is 1. The number of anilines is 1. The van der Waals surface area contributed by atoms with Crippen LogP contribution in [0.2, 0.25) is 0 Å². The van der Waals surface area contributed by atoms with Crippen LogP contribution in [0.1, 0.15) is 41.8 Å². The molecule has 1 aliphatic carbocycles. The van der Waals surface area contributed by atoms with Crippen LogP contribution in [0.25, 0.3) is 0 Å². The Balaban J connectivity index is 1.91. The van der Waals surface area contributed by atoms with E-state index in [2.05, 4.69) is 43.0 Å². The Kier molecular flexibility index (Phi) is 4.36. The first-order chi connectivity index (χ1) is 13.1. The number of amides is 1. The first-order valence-corrected chi connectivity index (χ1v) is 9.15. The normalized spacial score (nSPS) is 18.3. The van der Waals surface area contributed by atoms with Crippen molar-refractivity contribution in [3.8, 4) is 0 Å². The summed E-state index contributed by atoms with van der Waals surface area (Å²) in [5.41, 5.74) is 9.87. The standard InChI is InChI=1S/C22H22N4O/c1-14(2)26-19-8-4-3-7-18(19)25-20(17-6-5-13-24-22(17)26)15-9-11-16(12-10-15)21(23)27/h3-6,8-14,18H,7H2,1-2H3,(H2,23,27). The van der Waals surface area contributed by atoms with Crippen molar-refractivity contribution >= 4 is 17.4 Å². The molecule has 0 radical (unpaired) electrons. The summed E-state index contributed by atoms with van der Waals surface area (Å²) < 4.78 is 0. The van der Waals surface area contributed by atoms with E-state index in [1.807, 2.05) is 24.4 Å². The van der Waals surface area contributed by atoms with Crippen molar-refractivity contribution in [1.29, 1.82) is 0 Å². The highest BCUT2D eigenvalue weighted by atomic mass is 16.1. The van der Waals surface area contributed by atoms with Gasteiger partial charge in [0.2, 0.25) is 5.91 Å². The second kappa shape index (κ2) is 6.83. The number of rotatable bonds is 3. The fourth-order valence-corrected chi connectivity index (χ4v) is 3.65. The summed E-state index contributed by atoms with van der Waals surface area (Å²) in [4.78, 5) is 23.5. The summed E-state index contributed by atoms with van der Waals surface area (Å²) >= 11 is 0. The maximum atomic E-state index is 11.4. The second-order valence-electron chi connectivity index (χ2n) is 7.03. The number of benzene rings is 1. The summed E-state index contributed by atoms with van der Waals surface area (Å²) in [5.74, 6) is 0.481. The van der Waals surface area contributed by atoms with E-state index < -0.39 is 5.91 Å². The minimum atomic E-state index is -0.431. The lowest BCUT2D eigenvalue weighted by Crippen LogP contribution is -2.35. The maximum absolute atomic E-state index is 11.4. The van der Waals surface area contributed by atoms with E-state index >= 15 is 0 Å². The molecular weight excluding hydrogens is 336 g/mol. The molecule has 5 nitrogen and oxygen atoms in total. The number of primary amides is 1. The average Bonchev–Trinajstić information content (AvgIpc) is 2.82. The van der Waals surface area contributed by atoms with Gasteiger partial charge in [-0.05, 0) is 50.6 Å². The summed E-state index contributed by atoms with van der Waals surface area (Å²) in [6.45, 7) is 4.34. The molecule has 0 fully saturated rings. The molecule has 4 rings (SSSR count). The molecule has 2 aromatic rings. The Morgan fingerprint density at radius 3 is 2.70 bits per heavy atom. The van der Waals surface area contributed by atoms with Crippen molar-refractivity contribution in [1.82, 2.24) is 4.98 Å². The third-order valence-corrected chi connectivity index (χ3v) is 4.90. The van der Waals surface area contributed by atoms with Gasteiger partial charge < -0.3 is 10.6 Å². The van der Waals surface area contributed by atoms with Gasteiger partial charge in [0.1, 0.15) is 5.82 Å². The number of pyridine rings is 1. The van der Waals surface area contributed by atoms with Crippen LogP contribution >= 0.6 is 0 Å². The Labute approximate surface area is 158 Å². The van der Waals surface area contributed by atoms with Crippen molar-refractivity contribution in [3.63, 3.8) is 0 Å². The van der Waals surface area contributed by atoms with Gasteiger partial charge in [0.05, 0.1) is 11.8 Å². The highest BCUT2D eigenvalue weighted by Crippen LogP contribution is 2.34. The SMILES string of the molecule is CC(C)N1C2=CC=CCC2N=C(c2ccc(C(N)=O)cc2)c2cccnc21. The van der Waals surface area contributed by atoms with Crippen LogP contribution in [0.3, 0.4) is 0 Å². The fraction of sp³-hybridized carbons (Fsp3) is 0.227. The van der Waals surface area contributed by atoms with E-state index in [1.165, 1.54) is 0 Å². The molecule has 0 bridgehead atoms. The van der Waals surface area contributed by atoms with Gasteiger partial charge >= 0.3 is 0 Å². The molecule has 1 aliphatic heterocycles. The van der Waals surface area contributed by atoms with Crippen LogP contribution in [0.5, 0.6) is 0 Å². The van der Waals surface area contributed by atoms with Crippen molar-refractivity contribution in [3.05, 3.63) is 83.2 Å². The monoisotopic (exact) mass is 358 g/mol. The van der Waals surface area contributed by atoms with Gasteiger partial charge in [-0.25, -0.2) is 4.98 Å². The predicted molar refractivity (Wildman–Crippen MR) is 108 cm³/mol. The lowest BCUT2D eigenvalue weighted by atomic mass is 10.0. The average molecular weight is 358 g/mol. The summed E-state index contributed by atoms with van der Waals surface area (Å²) in [6, 6.07) is 11.6. The van der Waals surface area contributed by atoms with Crippen molar-refractivity contribution in [2.24, 2.45) is 10.7 Å². The zero-order chi connectivity index (χ0) is 19.0. The molecule has 0 spiro atoms. The number of aliphatic imine (C=N–C) groups is 1. The van der Waals surface area contributed by atoms with E-state index in [0.29, 0.717) is 5.56 Å². The molecule has 1 aromatic heterocycles. The lowest BCUT2D eigenvalue weighted by Gasteiger charge is -2.33. The lowest BCUT2D eigenvalue weighted by molar-refractivity contribution is 0.100. The first-order valence-electron chi connectivity index (χ1n) is 9.15. The highest BCUT2D eigenvalue weighted by molar-refractivity contribution is 6.16. The van der Waals surface area contributed by atoms with Crippen LogP contribution in [-0.2, 0) is 0 Å². The number of hydrogen-bond donors (Lipinski definition) is 1. The summed E-state index contributed by atoms with van der Waals surface area (Å²) in [5, 5.41) is 0. The van der Waals surface area contributed by atoms with Crippen LogP contribution in [0, 0.1) is 0 Å². The van der Waals surface area contributed by atoms with E-state index in [9.17, 15) is 4.79 Å². The molecule has 2 heterocycles. The Bertz CT molecular complexity index is 970. The molecule has 1 atom stereocenters. The smallest absolute Gasteiger partial charge is 0.248 e. The van der Waals surface area contributed by atoms with E-state index in [0.717, 1.165) is 34.8 Å². The van der Waals surface area contributed by atoms with Crippen LogP contribution in [-0.4, -0.2) is 28.7 Å². The predicted octanol–water partition coefficient (Wildman–Crippen LogP) is 3.46. The van der Waals surface area contributed by atoms with Crippen molar-refractivity contribution < 1.29 is 4.79 Å². The third-order valence-electron chi connectivity index (χ3n) is 4.90. The van der Waals surface area contributed by atoms with Gasteiger partial charge in [-0.2, -0.15) is 0 Å². The van der Waals surface area contributed by atoms with Gasteiger partial charge in [0, 0.05) is 34.6 Å². The zero-order valence-electron chi connectivity index (χ0n) is 15.5. The number of nitrogens with zero attached hydrogens (tertiary/aromatic N) is 3. The molecule has 1 amide bonds. The zero-order valence-corrected chi connectivity index (χ0v) is 15.5. The van der Waals surface area contributed by atoms with Crippen LogP contribution in [0.4, 0.5) is 5.82 Å². The molecule has 1 unspecified atom stereocenters. The van der Waals surface area contributed by atoms with Gasteiger partial charge in [0.25, 0.3) is 0 Å². The largest absolute Gasteiger partial charge is 0.366 e. The van der Waals surface area contributed by atoms with Gasteiger partial charge in [-0.1, -0.05) is 24.3 Å². The molecule has 5 heteroatoms. The van der Waals surface area contributed by atoms with Gasteiger partial charge in [-0.3, -0.25) is 9.79 Å². The first kappa shape index (κ1) is 17.2. The van der Waals surface area contributed by atoms with Crippen molar-refractivity contribution in [2.75, 3.05) is 4.90 Å². The Hall–Kier alpha value is -3.21. The Morgan fingerprint density at radius 1 is 1.22 bits per heavy atom. The number of fused-ring (bicyclic) bond motifs is 2.